The van der Waals surface area contributed by atoms with Crippen molar-refractivity contribution in [3.05, 3.63) is 59.0 Å². The van der Waals surface area contributed by atoms with Crippen molar-refractivity contribution in [3.8, 4) is 10.8 Å². The molecular formula is C19H18FN3O2S. The maximum Gasteiger partial charge on any atom is 0.257 e. The Balaban J connectivity index is 1.42. The van der Waals surface area contributed by atoms with Crippen LogP contribution in [0.5, 0.6) is 0 Å². The van der Waals surface area contributed by atoms with Gasteiger partial charge in [0, 0.05) is 13.1 Å². The second-order valence-electron chi connectivity index (χ2n) is 6.40. The van der Waals surface area contributed by atoms with Crippen molar-refractivity contribution >= 4 is 17.2 Å². The quantitative estimate of drug-likeness (QED) is 0.698. The van der Waals surface area contributed by atoms with Gasteiger partial charge in [0.25, 0.3) is 5.89 Å². The van der Waals surface area contributed by atoms with Crippen LogP contribution in [-0.4, -0.2) is 34.1 Å². The molecule has 3 aromatic rings. The standard InChI is InChI=1S/C19H18FN3O2S/c20-15-7-5-13(6-8-15)11-17(24)23-9-1-3-14(12-23)18-21-22-19(25-18)16-4-2-10-26-16/h2,4-8,10,14H,1,3,9,11-12H2. The van der Waals surface area contributed by atoms with E-state index in [9.17, 15) is 9.18 Å². The molecule has 0 radical (unpaired) electrons. The topological polar surface area (TPSA) is 59.2 Å². The third-order valence-electron chi connectivity index (χ3n) is 4.56. The Morgan fingerprint density at radius 3 is 2.88 bits per heavy atom. The first-order chi connectivity index (χ1) is 12.7. The number of aromatic nitrogens is 2. The third-order valence-corrected chi connectivity index (χ3v) is 5.42. The molecule has 1 fully saturated rings. The fourth-order valence-electron chi connectivity index (χ4n) is 3.19. The van der Waals surface area contributed by atoms with Crippen LogP contribution in [0.4, 0.5) is 4.39 Å². The molecule has 1 atom stereocenters. The highest BCUT2D eigenvalue weighted by Crippen LogP contribution is 2.30. The van der Waals surface area contributed by atoms with Gasteiger partial charge in [0.05, 0.1) is 17.2 Å². The summed E-state index contributed by atoms with van der Waals surface area (Å²) in [5, 5.41) is 10.3. The van der Waals surface area contributed by atoms with Crippen molar-refractivity contribution in [2.75, 3.05) is 13.1 Å². The number of benzene rings is 1. The van der Waals surface area contributed by atoms with E-state index in [1.807, 2.05) is 22.4 Å². The molecule has 1 unspecified atom stereocenters. The first kappa shape index (κ1) is 16.9. The highest BCUT2D eigenvalue weighted by molar-refractivity contribution is 7.13. The molecule has 26 heavy (non-hydrogen) atoms. The smallest absolute Gasteiger partial charge is 0.257 e. The molecule has 0 bridgehead atoms. The molecule has 2 aromatic heterocycles. The zero-order chi connectivity index (χ0) is 17.9. The molecule has 134 valence electrons. The predicted molar refractivity (Wildman–Crippen MR) is 96.3 cm³/mol. The van der Waals surface area contributed by atoms with E-state index in [1.54, 1.807) is 23.5 Å². The Kier molecular flexibility index (Phi) is 4.79. The summed E-state index contributed by atoms with van der Waals surface area (Å²) in [7, 11) is 0. The lowest BCUT2D eigenvalue weighted by molar-refractivity contribution is -0.131. The fourth-order valence-corrected chi connectivity index (χ4v) is 3.84. The molecule has 0 saturated carbocycles. The van der Waals surface area contributed by atoms with Crippen LogP contribution in [0.25, 0.3) is 10.8 Å². The summed E-state index contributed by atoms with van der Waals surface area (Å²) in [6.45, 7) is 1.30. The van der Waals surface area contributed by atoms with E-state index in [0.717, 1.165) is 29.8 Å². The van der Waals surface area contributed by atoms with Crippen molar-refractivity contribution in [2.24, 2.45) is 0 Å². The van der Waals surface area contributed by atoms with Crippen LogP contribution in [0.15, 0.2) is 46.2 Å². The minimum absolute atomic E-state index is 0.0410. The number of halogens is 1. The van der Waals surface area contributed by atoms with Crippen molar-refractivity contribution in [1.82, 2.24) is 15.1 Å². The zero-order valence-electron chi connectivity index (χ0n) is 14.1. The van der Waals surface area contributed by atoms with E-state index >= 15 is 0 Å². The normalized spacial score (nSPS) is 17.4. The summed E-state index contributed by atoms with van der Waals surface area (Å²) < 4.78 is 18.8. The second-order valence-corrected chi connectivity index (χ2v) is 7.35. The van der Waals surface area contributed by atoms with Crippen LogP contribution in [0.1, 0.15) is 30.2 Å². The van der Waals surface area contributed by atoms with Crippen molar-refractivity contribution in [1.29, 1.82) is 0 Å². The van der Waals surface area contributed by atoms with Gasteiger partial charge >= 0.3 is 0 Å². The molecule has 7 heteroatoms. The van der Waals surface area contributed by atoms with E-state index in [1.165, 1.54) is 12.1 Å². The number of hydrogen-bond acceptors (Lipinski definition) is 5. The predicted octanol–water partition coefficient (Wildman–Crippen LogP) is 3.89. The number of amides is 1. The Bertz CT molecular complexity index is 877. The Hall–Kier alpha value is -2.54. The van der Waals surface area contributed by atoms with Gasteiger partial charge in [-0.05, 0) is 42.0 Å². The molecular weight excluding hydrogens is 353 g/mol. The number of carbonyl (C=O) groups excluding carboxylic acids is 1. The molecule has 0 spiro atoms. The lowest BCUT2D eigenvalue weighted by atomic mass is 9.97. The molecule has 1 amide bonds. The fraction of sp³-hybridized carbons (Fsp3) is 0.316. The van der Waals surface area contributed by atoms with Gasteiger partial charge in [-0.25, -0.2) is 4.39 Å². The van der Waals surface area contributed by atoms with E-state index in [0.29, 0.717) is 18.3 Å². The van der Waals surface area contributed by atoms with Gasteiger partial charge in [0.15, 0.2) is 0 Å². The number of nitrogens with zero attached hydrogens (tertiary/aromatic N) is 3. The van der Waals surface area contributed by atoms with Crippen LogP contribution in [-0.2, 0) is 11.2 Å². The number of thiophene rings is 1. The first-order valence-electron chi connectivity index (χ1n) is 8.58. The number of likely N-dealkylation sites (tertiary alicyclic amines) is 1. The van der Waals surface area contributed by atoms with Gasteiger partial charge in [-0.15, -0.1) is 21.5 Å². The van der Waals surface area contributed by atoms with Crippen LogP contribution >= 0.6 is 11.3 Å². The molecule has 1 aliphatic heterocycles. The van der Waals surface area contributed by atoms with Gasteiger partial charge in [0.1, 0.15) is 5.82 Å². The van der Waals surface area contributed by atoms with Gasteiger partial charge in [0.2, 0.25) is 11.8 Å². The minimum atomic E-state index is -0.294. The van der Waals surface area contributed by atoms with Gasteiger partial charge in [-0.1, -0.05) is 18.2 Å². The monoisotopic (exact) mass is 371 g/mol. The molecule has 1 aromatic carbocycles. The summed E-state index contributed by atoms with van der Waals surface area (Å²) in [6.07, 6.45) is 2.10. The van der Waals surface area contributed by atoms with Gasteiger partial charge < -0.3 is 9.32 Å². The first-order valence-corrected chi connectivity index (χ1v) is 9.46. The molecule has 1 saturated heterocycles. The second kappa shape index (κ2) is 7.37. The van der Waals surface area contributed by atoms with E-state index in [-0.39, 0.29) is 24.1 Å². The van der Waals surface area contributed by atoms with Gasteiger partial charge in [-0.3, -0.25) is 4.79 Å². The molecule has 5 nitrogen and oxygen atoms in total. The third kappa shape index (κ3) is 3.67. The molecule has 0 aliphatic carbocycles. The summed E-state index contributed by atoms with van der Waals surface area (Å²) in [4.78, 5) is 15.4. The maximum atomic E-state index is 13.0. The SMILES string of the molecule is O=C(Cc1ccc(F)cc1)N1CCCC(c2nnc(-c3cccs3)o2)C1. The average molecular weight is 371 g/mol. The zero-order valence-corrected chi connectivity index (χ0v) is 14.9. The number of hydrogen-bond donors (Lipinski definition) is 0. The Morgan fingerprint density at radius 1 is 1.27 bits per heavy atom. The summed E-state index contributed by atoms with van der Waals surface area (Å²) >= 11 is 1.56. The highest BCUT2D eigenvalue weighted by Gasteiger charge is 2.28. The Morgan fingerprint density at radius 2 is 2.12 bits per heavy atom. The van der Waals surface area contributed by atoms with Crippen LogP contribution < -0.4 is 0 Å². The summed E-state index contributed by atoms with van der Waals surface area (Å²) in [5.74, 6) is 0.927. The van der Waals surface area contributed by atoms with E-state index < -0.39 is 0 Å². The van der Waals surface area contributed by atoms with E-state index in [2.05, 4.69) is 10.2 Å². The summed E-state index contributed by atoms with van der Waals surface area (Å²) in [5.41, 5.74) is 0.816. The number of carbonyl (C=O) groups is 1. The summed E-state index contributed by atoms with van der Waals surface area (Å²) in [6, 6.07) is 9.96. The largest absolute Gasteiger partial charge is 0.420 e. The van der Waals surface area contributed by atoms with Crippen LogP contribution in [0.3, 0.4) is 0 Å². The average Bonchev–Trinajstić information content (AvgIpc) is 3.35. The van der Waals surface area contributed by atoms with Gasteiger partial charge in [-0.2, -0.15) is 0 Å². The lowest BCUT2D eigenvalue weighted by Gasteiger charge is -2.31. The minimum Gasteiger partial charge on any atom is -0.420 e. The highest BCUT2D eigenvalue weighted by atomic mass is 32.1. The molecule has 1 aliphatic rings. The van der Waals surface area contributed by atoms with Crippen LogP contribution in [0, 0.1) is 5.82 Å². The van der Waals surface area contributed by atoms with Crippen LogP contribution in [0.2, 0.25) is 0 Å². The molecule has 4 rings (SSSR count). The molecule has 3 heterocycles. The lowest BCUT2D eigenvalue weighted by Crippen LogP contribution is -2.40. The molecule has 0 N–H and O–H groups in total. The number of piperidine rings is 1. The van der Waals surface area contributed by atoms with Crippen molar-refractivity contribution in [2.45, 2.75) is 25.2 Å². The Labute approximate surface area is 154 Å². The van der Waals surface area contributed by atoms with E-state index in [4.69, 9.17) is 4.42 Å². The van der Waals surface area contributed by atoms with Crippen molar-refractivity contribution in [3.63, 3.8) is 0 Å². The van der Waals surface area contributed by atoms with Crippen molar-refractivity contribution < 1.29 is 13.6 Å². The number of rotatable bonds is 4. The maximum absolute atomic E-state index is 13.0.